The Hall–Kier alpha value is -0.0500. The van der Waals surface area contributed by atoms with E-state index in [-0.39, 0.29) is 11.8 Å². The normalized spacial score (nSPS) is 19.5. The zero-order chi connectivity index (χ0) is 8.27. The number of amides is 1. The highest BCUT2D eigenvalue weighted by Gasteiger charge is 2.32. The summed E-state index contributed by atoms with van der Waals surface area (Å²) in [6.07, 6.45) is 2.48. The molecule has 1 fully saturated rings. The van der Waals surface area contributed by atoms with Gasteiger partial charge in [0.1, 0.15) is 0 Å². The number of alkyl halides is 1. The number of nitrogens with one attached hydrogen (secondary N) is 1. The Bertz CT molecular complexity index is 145. The molecule has 1 N–H and O–H groups in total. The SMILES string of the molecule is CC(C(=O)NCCBr)C1CC1. The van der Waals surface area contributed by atoms with Crippen LogP contribution in [0.15, 0.2) is 0 Å². The fraction of sp³-hybridized carbons (Fsp3) is 0.875. The van der Waals surface area contributed by atoms with E-state index in [4.69, 9.17) is 0 Å². The van der Waals surface area contributed by atoms with Gasteiger partial charge in [0.25, 0.3) is 0 Å². The summed E-state index contributed by atoms with van der Waals surface area (Å²) in [6, 6.07) is 0. The maximum Gasteiger partial charge on any atom is 0.223 e. The van der Waals surface area contributed by atoms with Crippen molar-refractivity contribution >= 4 is 21.8 Å². The number of rotatable bonds is 4. The molecule has 1 unspecified atom stereocenters. The molecule has 0 aromatic rings. The molecule has 1 aliphatic rings. The molecule has 1 saturated carbocycles. The molecule has 1 amide bonds. The van der Waals surface area contributed by atoms with Crippen molar-refractivity contribution in [2.75, 3.05) is 11.9 Å². The van der Waals surface area contributed by atoms with Crippen LogP contribution < -0.4 is 5.32 Å². The third-order valence-corrected chi connectivity index (χ3v) is 2.53. The van der Waals surface area contributed by atoms with Crippen molar-refractivity contribution in [1.29, 1.82) is 0 Å². The van der Waals surface area contributed by atoms with Gasteiger partial charge >= 0.3 is 0 Å². The van der Waals surface area contributed by atoms with Gasteiger partial charge in [0.2, 0.25) is 5.91 Å². The highest BCUT2D eigenvalue weighted by molar-refractivity contribution is 9.09. The van der Waals surface area contributed by atoms with Gasteiger partial charge in [-0.1, -0.05) is 22.9 Å². The molecule has 1 rings (SSSR count). The van der Waals surface area contributed by atoms with Gasteiger partial charge < -0.3 is 5.32 Å². The van der Waals surface area contributed by atoms with E-state index in [1.807, 2.05) is 6.92 Å². The molecule has 2 nitrogen and oxygen atoms in total. The molecule has 0 heterocycles. The molecule has 11 heavy (non-hydrogen) atoms. The van der Waals surface area contributed by atoms with Crippen molar-refractivity contribution in [3.05, 3.63) is 0 Å². The third kappa shape index (κ3) is 2.81. The van der Waals surface area contributed by atoms with Gasteiger partial charge in [-0.15, -0.1) is 0 Å². The molecule has 0 saturated heterocycles. The van der Waals surface area contributed by atoms with Crippen LogP contribution in [0.1, 0.15) is 19.8 Å². The molecule has 0 spiro atoms. The molecular weight excluding hydrogens is 206 g/mol. The summed E-state index contributed by atoms with van der Waals surface area (Å²) in [6.45, 7) is 2.76. The fourth-order valence-electron chi connectivity index (χ4n) is 1.14. The smallest absolute Gasteiger partial charge is 0.223 e. The van der Waals surface area contributed by atoms with E-state index in [0.717, 1.165) is 11.9 Å². The minimum Gasteiger partial charge on any atom is -0.355 e. The van der Waals surface area contributed by atoms with E-state index in [0.29, 0.717) is 5.92 Å². The molecule has 1 aliphatic carbocycles. The average Bonchev–Trinajstić information content (AvgIpc) is 2.81. The van der Waals surface area contributed by atoms with Gasteiger partial charge in [-0.2, -0.15) is 0 Å². The second-order valence-electron chi connectivity index (χ2n) is 3.11. The van der Waals surface area contributed by atoms with Crippen LogP contribution in [-0.4, -0.2) is 17.8 Å². The van der Waals surface area contributed by atoms with Gasteiger partial charge in [-0.25, -0.2) is 0 Å². The van der Waals surface area contributed by atoms with Crippen molar-refractivity contribution in [3.63, 3.8) is 0 Å². The largest absolute Gasteiger partial charge is 0.355 e. The minimum absolute atomic E-state index is 0.215. The summed E-state index contributed by atoms with van der Waals surface area (Å²) in [5.41, 5.74) is 0. The van der Waals surface area contributed by atoms with E-state index >= 15 is 0 Å². The van der Waals surface area contributed by atoms with Crippen LogP contribution in [0, 0.1) is 11.8 Å². The van der Waals surface area contributed by atoms with Crippen molar-refractivity contribution < 1.29 is 4.79 Å². The summed E-state index contributed by atoms with van der Waals surface area (Å²) >= 11 is 3.26. The lowest BCUT2D eigenvalue weighted by Crippen LogP contribution is -2.31. The topological polar surface area (TPSA) is 29.1 Å². The van der Waals surface area contributed by atoms with Crippen LogP contribution in [0.2, 0.25) is 0 Å². The summed E-state index contributed by atoms with van der Waals surface area (Å²) < 4.78 is 0. The second kappa shape index (κ2) is 4.10. The standard InChI is InChI=1S/C8H14BrNO/c1-6(7-2-3-7)8(11)10-5-4-9/h6-7H,2-5H2,1H3,(H,10,11). The summed E-state index contributed by atoms with van der Waals surface area (Å²) in [5.74, 6) is 1.12. The minimum atomic E-state index is 0.215. The lowest BCUT2D eigenvalue weighted by Gasteiger charge is -2.09. The first-order chi connectivity index (χ1) is 5.25. The van der Waals surface area contributed by atoms with E-state index in [1.54, 1.807) is 0 Å². The molecule has 0 aromatic carbocycles. The molecule has 3 heteroatoms. The second-order valence-corrected chi connectivity index (χ2v) is 3.90. The summed E-state index contributed by atoms with van der Waals surface area (Å²) in [7, 11) is 0. The lowest BCUT2D eigenvalue weighted by molar-refractivity contribution is -0.124. The number of carbonyl (C=O) groups is 1. The van der Waals surface area contributed by atoms with Gasteiger partial charge in [-0.05, 0) is 18.8 Å². The quantitative estimate of drug-likeness (QED) is 0.715. The van der Waals surface area contributed by atoms with Crippen molar-refractivity contribution in [3.8, 4) is 0 Å². The zero-order valence-corrected chi connectivity index (χ0v) is 8.36. The van der Waals surface area contributed by atoms with Gasteiger partial charge in [-0.3, -0.25) is 4.79 Å². The number of halogens is 1. The molecule has 0 aromatic heterocycles. The Labute approximate surface area is 75.9 Å². The van der Waals surface area contributed by atoms with Crippen LogP contribution in [0.3, 0.4) is 0 Å². The number of hydrogen-bond donors (Lipinski definition) is 1. The Morgan fingerprint density at radius 2 is 2.36 bits per heavy atom. The molecular formula is C8H14BrNO. The first-order valence-corrected chi connectivity index (χ1v) is 5.21. The van der Waals surface area contributed by atoms with Crippen LogP contribution in [0.25, 0.3) is 0 Å². The maximum atomic E-state index is 11.3. The molecule has 1 atom stereocenters. The molecule has 64 valence electrons. The van der Waals surface area contributed by atoms with Gasteiger partial charge in [0.05, 0.1) is 0 Å². The Balaban J connectivity index is 2.16. The third-order valence-electron chi connectivity index (χ3n) is 2.14. The van der Waals surface area contributed by atoms with Gasteiger partial charge in [0, 0.05) is 17.8 Å². The predicted molar refractivity (Wildman–Crippen MR) is 48.7 cm³/mol. The highest BCUT2D eigenvalue weighted by atomic mass is 79.9. The average molecular weight is 220 g/mol. The fourth-order valence-corrected chi connectivity index (χ4v) is 1.34. The first-order valence-electron chi connectivity index (χ1n) is 4.09. The maximum absolute atomic E-state index is 11.3. The van der Waals surface area contributed by atoms with Crippen molar-refractivity contribution in [1.82, 2.24) is 5.32 Å². The van der Waals surface area contributed by atoms with E-state index < -0.39 is 0 Å². The lowest BCUT2D eigenvalue weighted by atomic mass is 10.1. The monoisotopic (exact) mass is 219 g/mol. The van der Waals surface area contributed by atoms with Crippen molar-refractivity contribution in [2.45, 2.75) is 19.8 Å². The Kier molecular flexibility index (Phi) is 3.37. The number of carbonyl (C=O) groups excluding carboxylic acids is 1. The Morgan fingerprint density at radius 1 is 1.73 bits per heavy atom. The van der Waals surface area contributed by atoms with Crippen LogP contribution in [-0.2, 0) is 4.79 Å². The van der Waals surface area contributed by atoms with Crippen LogP contribution in [0.4, 0.5) is 0 Å². The van der Waals surface area contributed by atoms with Crippen LogP contribution in [0.5, 0.6) is 0 Å². The molecule has 0 bridgehead atoms. The molecule has 0 radical (unpaired) electrons. The van der Waals surface area contributed by atoms with E-state index in [2.05, 4.69) is 21.2 Å². The number of hydrogen-bond acceptors (Lipinski definition) is 1. The predicted octanol–water partition coefficient (Wildman–Crippen LogP) is 1.54. The van der Waals surface area contributed by atoms with Gasteiger partial charge in [0.15, 0.2) is 0 Å². The molecule has 0 aliphatic heterocycles. The van der Waals surface area contributed by atoms with Crippen molar-refractivity contribution in [2.24, 2.45) is 11.8 Å². The first kappa shape index (κ1) is 9.04. The summed E-state index contributed by atoms with van der Waals surface area (Å²) in [5, 5.41) is 3.71. The highest BCUT2D eigenvalue weighted by Crippen LogP contribution is 2.36. The van der Waals surface area contributed by atoms with E-state index in [1.165, 1.54) is 12.8 Å². The Morgan fingerprint density at radius 3 is 2.82 bits per heavy atom. The van der Waals surface area contributed by atoms with Crippen LogP contribution >= 0.6 is 15.9 Å². The zero-order valence-electron chi connectivity index (χ0n) is 6.77. The van der Waals surface area contributed by atoms with E-state index in [9.17, 15) is 4.79 Å². The summed E-state index contributed by atoms with van der Waals surface area (Å²) in [4.78, 5) is 11.3.